The van der Waals surface area contributed by atoms with Crippen LogP contribution in [0.2, 0.25) is 6.32 Å². The topological polar surface area (TPSA) is 73.0 Å². The molecule has 0 saturated carbocycles. The molecule has 2 aliphatic rings. The molecule has 5 nitrogen and oxygen atoms in total. The van der Waals surface area contributed by atoms with Crippen molar-refractivity contribution in [1.29, 1.82) is 0 Å². The first-order valence-corrected chi connectivity index (χ1v) is 9.23. The van der Waals surface area contributed by atoms with Crippen molar-refractivity contribution in [3.63, 3.8) is 0 Å². The molecule has 2 aliphatic heterocycles. The van der Waals surface area contributed by atoms with Crippen molar-refractivity contribution in [2.24, 2.45) is 5.73 Å². The molecule has 2 atom stereocenters. The van der Waals surface area contributed by atoms with E-state index in [-0.39, 0.29) is 6.04 Å². The van der Waals surface area contributed by atoms with Gasteiger partial charge in [0.2, 0.25) is 0 Å². The molecule has 0 radical (unpaired) electrons. The summed E-state index contributed by atoms with van der Waals surface area (Å²) in [7, 11) is -1.16. The quantitative estimate of drug-likeness (QED) is 0.413. The Labute approximate surface area is 136 Å². The number of likely N-dealkylation sites (tertiary alicyclic amines) is 2. The van der Waals surface area contributed by atoms with E-state index < -0.39 is 7.12 Å². The molecule has 0 aromatic carbocycles. The number of nitrogens with zero attached hydrogens (tertiary/aromatic N) is 2. The van der Waals surface area contributed by atoms with Crippen molar-refractivity contribution in [2.45, 2.75) is 69.8 Å². The molecule has 2 heterocycles. The van der Waals surface area contributed by atoms with Gasteiger partial charge in [0.15, 0.2) is 0 Å². The van der Waals surface area contributed by atoms with E-state index in [1.54, 1.807) is 0 Å². The lowest BCUT2D eigenvalue weighted by Crippen LogP contribution is -2.41. The number of rotatable bonds is 10. The molecule has 6 heteroatoms. The maximum absolute atomic E-state index is 8.82. The fraction of sp³-hybridized carbons (Fsp3) is 1.00. The Balaban J connectivity index is 1.58. The number of unbranched alkanes of at least 4 members (excludes halogenated alkanes) is 1. The second kappa shape index (κ2) is 9.88. The number of nitrogens with two attached hydrogens (primary N) is 1. The predicted octanol–water partition coefficient (Wildman–Crippen LogP) is 0.907. The molecule has 2 fully saturated rings. The summed E-state index contributed by atoms with van der Waals surface area (Å²) in [5.74, 6) is 0. The normalized spacial score (nSPS) is 25.0. The summed E-state index contributed by atoms with van der Waals surface area (Å²) in [6.45, 7) is 6.20. The van der Waals surface area contributed by atoms with Gasteiger partial charge in [-0.1, -0.05) is 12.8 Å². The van der Waals surface area contributed by atoms with Crippen LogP contribution in [0.5, 0.6) is 0 Å². The molecular weight excluding hydrogens is 277 g/mol. The van der Waals surface area contributed by atoms with Crippen LogP contribution in [0.1, 0.15) is 51.4 Å². The average Bonchev–Trinajstić information content (AvgIpc) is 3.13. The summed E-state index contributed by atoms with van der Waals surface area (Å²) >= 11 is 0. The van der Waals surface area contributed by atoms with E-state index in [0.29, 0.717) is 6.32 Å². The molecule has 128 valence electrons. The molecule has 0 bridgehead atoms. The highest BCUT2D eigenvalue weighted by Gasteiger charge is 2.27. The van der Waals surface area contributed by atoms with Crippen molar-refractivity contribution < 1.29 is 10.0 Å². The van der Waals surface area contributed by atoms with Gasteiger partial charge in [-0.05, 0) is 71.0 Å². The molecular formula is C16H34BN3O2. The van der Waals surface area contributed by atoms with E-state index >= 15 is 0 Å². The number of hydrogen-bond donors (Lipinski definition) is 3. The van der Waals surface area contributed by atoms with Crippen molar-refractivity contribution in [3.05, 3.63) is 0 Å². The minimum absolute atomic E-state index is 0.254. The van der Waals surface area contributed by atoms with Crippen LogP contribution < -0.4 is 5.73 Å². The monoisotopic (exact) mass is 311 g/mol. The van der Waals surface area contributed by atoms with Gasteiger partial charge in [0.1, 0.15) is 0 Å². The lowest BCUT2D eigenvalue weighted by Gasteiger charge is -2.29. The predicted molar refractivity (Wildman–Crippen MR) is 91.7 cm³/mol. The van der Waals surface area contributed by atoms with Crippen LogP contribution >= 0.6 is 0 Å². The molecule has 2 saturated heterocycles. The second-order valence-electron chi connectivity index (χ2n) is 7.15. The summed E-state index contributed by atoms with van der Waals surface area (Å²) in [4.78, 5) is 5.28. The fourth-order valence-corrected chi connectivity index (χ4v) is 3.87. The molecule has 0 aromatic heterocycles. The molecule has 0 amide bonds. The summed E-state index contributed by atoms with van der Waals surface area (Å²) in [6.07, 6.45) is 9.82. The standard InChI is InChI=1S/C16H34BN3O2/c18-15(6-1-2-9-17(21)22)8-13-20-12-5-7-16(20)14-19-10-3-4-11-19/h15-16,21-22H,1-14,18H2/t15?,16-/m0/s1. The number of hydrogen-bond acceptors (Lipinski definition) is 5. The van der Waals surface area contributed by atoms with Crippen molar-refractivity contribution >= 4 is 7.12 Å². The Morgan fingerprint density at radius 2 is 1.82 bits per heavy atom. The molecule has 0 spiro atoms. The molecule has 2 rings (SSSR count). The van der Waals surface area contributed by atoms with Gasteiger partial charge in [0.25, 0.3) is 0 Å². The van der Waals surface area contributed by atoms with Crippen LogP contribution in [0.3, 0.4) is 0 Å². The van der Waals surface area contributed by atoms with Crippen LogP contribution in [0.15, 0.2) is 0 Å². The zero-order valence-corrected chi connectivity index (χ0v) is 14.0. The summed E-state index contributed by atoms with van der Waals surface area (Å²) in [6, 6.07) is 0.999. The van der Waals surface area contributed by atoms with Crippen LogP contribution in [-0.4, -0.2) is 71.8 Å². The van der Waals surface area contributed by atoms with E-state index in [4.69, 9.17) is 15.8 Å². The Morgan fingerprint density at radius 1 is 1.05 bits per heavy atom. The zero-order chi connectivity index (χ0) is 15.8. The van der Waals surface area contributed by atoms with E-state index in [1.807, 2.05) is 0 Å². The first-order chi connectivity index (χ1) is 10.6. The van der Waals surface area contributed by atoms with Crippen molar-refractivity contribution in [2.75, 3.05) is 32.7 Å². The smallest absolute Gasteiger partial charge is 0.427 e. The van der Waals surface area contributed by atoms with Crippen LogP contribution in [0.25, 0.3) is 0 Å². The van der Waals surface area contributed by atoms with Gasteiger partial charge < -0.3 is 20.7 Å². The molecule has 0 aromatic rings. The van der Waals surface area contributed by atoms with E-state index in [9.17, 15) is 0 Å². The maximum atomic E-state index is 8.82. The van der Waals surface area contributed by atoms with Gasteiger partial charge in [0, 0.05) is 18.6 Å². The molecule has 1 unspecified atom stereocenters. The summed E-state index contributed by atoms with van der Waals surface area (Å²) < 4.78 is 0. The van der Waals surface area contributed by atoms with Gasteiger partial charge in [0.05, 0.1) is 0 Å². The van der Waals surface area contributed by atoms with Gasteiger partial charge in [-0.3, -0.25) is 4.90 Å². The molecule has 22 heavy (non-hydrogen) atoms. The third-order valence-corrected chi connectivity index (χ3v) is 5.24. The third kappa shape index (κ3) is 6.55. The van der Waals surface area contributed by atoms with E-state index in [1.165, 1.54) is 51.9 Å². The zero-order valence-electron chi connectivity index (χ0n) is 14.0. The van der Waals surface area contributed by atoms with Crippen LogP contribution in [0.4, 0.5) is 0 Å². The van der Waals surface area contributed by atoms with E-state index in [0.717, 1.165) is 38.3 Å². The average molecular weight is 311 g/mol. The summed E-state index contributed by atoms with van der Waals surface area (Å²) in [5, 5.41) is 17.6. The minimum atomic E-state index is -1.16. The van der Waals surface area contributed by atoms with Crippen LogP contribution in [-0.2, 0) is 0 Å². The van der Waals surface area contributed by atoms with Gasteiger partial charge in [-0.2, -0.15) is 0 Å². The minimum Gasteiger partial charge on any atom is -0.427 e. The van der Waals surface area contributed by atoms with Gasteiger partial charge >= 0.3 is 7.12 Å². The summed E-state index contributed by atoms with van der Waals surface area (Å²) in [5.41, 5.74) is 6.22. The lowest BCUT2D eigenvalue weighted by molar-refractivity contribution is 0.186. The van der Waals surface area contributed by atoms with Crippen LogP contribution in [0, 0.1) is 0 Å². The highest BCUT2D eigenvalue weighted by Crippen LogP contribution is 2.21. The Morgan fingerprint density at radius 3 is 2.55 bits per heavy atom. The Bertz CT molecular complexity index is 301. The van der Waals surface area contributed by atoms with E-state index in [2.05, 4.69) is 9.80 Å². The first-order valence-electron chi connectivity index (χ1n) is 9.23. The molecule has 0 aliphatic carbocycles. The maximum Gasteiger partial charge on any atom is 0.451 e. The SMILES string of the molecule is NC(CCCCB(O)O)CCN1CCC[C@H]1CN1CCCC1. The van der Waals surface area contributed by atoms with Crippen molar-refractivity contribution in [3.8, 4) is 0 Å². The first kappa shape index (κ1) is 18.2. The highest BCUT2D eigenvalue weighted by atomic mass is 16.4. The third-order valence-electron chi connectivity index (χ3n) is 5.24. The molecule has 4 N–H and O–H groups in total. The second-order valence-corrected chi connectivity index (χ2v) is 7.15. The van der Waals surface area contributed by atoms with Gasteiger partial charge in [-0.15, -0.1) is 0 Å². The lowest BCUT2D eigenvalue weighted by atomic mass is 9.83. The fourth-order valence-electron chi connectivity index (χ4n) is 3.87. The van der Waals surface area contributed by atoms with Gasteiger partial charge in [-0.25, -0.2) is 0 Å². The van der Waals surface area contributed by atoms with Crippen molar-refractivity contribution in [1.82, 2.24) is 9.80 Å². The Hall–Kier alpha value is -0.135. The largest absolute Gasteiger partial charge is 0.451 e. The Kier molecular flexibility index (Phi) is 8.18. The highest BCUT2D eigenvalue weighted by molar-refractivity contribution is 6.40.